The van der Waals surface area contributed by atoms with E-state index in [1.165, 1.54) is 19.7 Å². The first-order valence-electron chi connectivity index (χ1n) is 10.9. The summed E-state index contributed by atoms with van der Waals surface area (Å²) in [6, 6.07) is 2.22. The van der Waals surface area contributed by atoms with Gasteiger partial charge >= 0.3 is 6.09 Å². The highest BCUT2D eigenvalue weighted by Gasteiger charge is 2.44. The number of hydrogen-bond donors (Lipinski definition) is 2. The number of likely N-dealkylation sites (N-methyl/N-ethyl adjacent to an activating group) is 1. The van der Waals surface area contributed by atoms with Crippen LogP contribution in [0.15, 0.2) is 17.4 Å². The Hall–Kier alpha value is -2.62. The van der Waals surface area contributed by atoms with Crippen LogP contribution in [-0.2, 0) is 13.8 Å². The number of nitrogens with one attached hydrogen (secondary N) is 1. The van der Waals surface area contributed by atoms with Crippen LogP contribution in [0.3, 0.4) is 0 Å². The van der Waals surface area contributed by atoms with E-state index in [1.54, 1.807) is 4.57 Å². The van der Waals surface area contributed by atoms with Gasteiger partial charge in [0, 0.05) is 25.6 Å². The molecular formula is C20H30N7O6P. The van der Waals surface area contributed by atoms with Crippen LogP contribution in [0.1, 0.15) is 46.8 Å². The van der Waals surface area contributed by atoms with Crippen LogP contribution < -0.4 is 5.56 Å². The third-order valence-electron chi connectivity index (χ3n) is 5.30. The minimum atomic E-state index is -1.63. The number of carboxylic acid groups (broad SMARTS) is 1. The normalized spacial score (nSPS) is 21.4. The van der Waals surface area contributed by atoms with Crippen LogP contribution >= 0.6 is 8.53 Å². The molecule has 0 bridgehead atoms. The predicted octanol–water partition coefficient (Wildman–Crippen LogP) is 2.64. The molecule has 1 aliphatic heterocycles. The second kappa shape index (κ2) is 11.2. The Morgan fingerprint density at radius 1 is 1.41 bits per heavy atom. The maximum absolute atomic E-state index is 12.0. The highest BCUT2D eigenvalue weighted by atomic mass is 31.2. The van der Waals surface area contributed by atoms with E-state index in [9.17, 15) is 14.7 Å². The van der Waals surface area contributed by atoms with Crippen LogP contribution in [0.4, 0.5) is 4.79 Å². The van der Waals surface area contributed by atoms with Gasteiger partial charge < -0.3 is 23.9 Å². The van der Waals surface area contributed by atoms with Gasteiger partial charge in [-0.05, 0) is 27.7 Å². The molecule has 0 radical (unpaired) electrons. The molecule has 2 N–H and O–H groups in total. The summed E-state index contributed by atoms with van der Waals surface area (Å²) in [6.07, 6.45) is -0.271. The number of aromatic nitrogens is 4. The summed E-state index contributed by atoms with van der Waals surface area (Å²) in [6.45, 7) is 8.25. The first-order valence-corrected chi connectivity index (χ1v) is 12.0. The van der Waals surface area contributed by atoms with Gasteiger partial charge in [0.25, 0.3) is 14.1 Å². The molecule has 13 nitrogen and oxygen atoms in total. The average molecular weight is 495 g/mol. The van der Waals surface area contributed by atoms with Crippen molar-refractivity contribution >= 4 is 25.8 Å². The molecule has 3 rings (SSSR count). The Morgan fingerprint density at radius 2 is 2.12 bits per heavy atom. The molecule has 2 aromatic rings. The van der Waals surface area contributed by atoms with Crippen molar-refractivity contribution in [2.45, 2.75) is 71.2 Å². The van der Waals surface area contributed by atoms with E-state index in [0.717, 1.165) is 4.90 Å². The summed E-state index contributed by atoms with van der Waals surface area (Å²) in [5.41, 5.74) is 0.101. The first kappa shape index (κ1) is 26.0. The number of H-pyrrole nitrogens is 1. The summed E-state index contributed by atoms with van der Waals surface area (Å²) < 4.78 is 22.1. The van der Waals surface area contributed by atoms with Gasteiger partial charge in [-0.15, -0.1) is 0 Å². The van der Waals surface area contributed by atoms with Crippen molar-refractivity contribution in [1.82, 2.24) is 29.1 Å². The van der Waals surface area contributed by atoms with Crippen molar-refractivity contribution in [3.63, 3.8) is 0 Å². The number of amides is 1. The number of carbonyl (C=O) groups is 1. The smallest absolute Gasteiger partial charge is 0.409 e. The minimum Gasteiger partial charge on any atom is -0.465 e. The van der Waals surface area contributed by atoms with Gasteiger partial charge in [-0.25, -0.2) is 19.4 Å². The topological polar surface area (TPSA) is 159 Å². The number of fused-ring (bicyclic) bond motifs is 1. The van der Waals surface area contributed by atoms with E-state index in [2.05, 4.69) is 25.7 Å². The number of nitrogens with zero attached hydrogens (tertiary/aromatic N) is 6. The Morgan fingerprint density at radius 3 is 2.74 bits per heavy atom. The SMILES string of the molecule is CC(C)N(C(C)C)P(OCCC#N)O[C@@H]1C[C@H](n2cnc3c(=O)[nH]cnc32)O[C@H]1N(C)C(=O)O. The zero-order chi connectivity index (χ0) is 25.0. The molecule has 1 fully saturated rings. The molecule has 1 amide bonds. The van der Waals surface area contributed by atoms with Crippen molar-refractivity contribution in [2.24, 2.45) is 0 Å². The lowest BCUT2D eigenvalue weighted by Crippen LogP contribution is -2.43. The van der Waals surface area contributed by atoms with Gasteiger partial charge in [-0.1, -0.05) is 0 Å². The second-order valence-electron chi connectivity index (χ2n) is 8.36. The van der Waals surface area contributed by atoms with E-state index in [1.807, 2.05) is 27.7 Å². The summed E-state index contributed by atoms with van der Waals surface area (Å²) in [4.78, 5) is 35.7. The number of ether oxygens (including phenoxy) is 1. The van der Waals surface area contributed by atoms with E-state index in [4.69, 9.17) is 19.0 Å². The number of rotatable bonds is 10. The largest absolute Gasteiger partial charge is 0.465 e. The molecule has 34 heavy (non-hydrogen) atoms. The number of aromatic amines is 1. The fraction of sp³-hybridized carbons (Fsp3) is 0.650. The van der Waals surface area contributed by atoms with Crippen LogP contribution in [0.25, 0.3) is 11.2 Å². The van der Waals surface area contributed by atoms with Crippen molar-refractivity contribution < 1.29 is 23.7 Å². The van der Waals surface area contributed by atoms with Crippen LogP contribution in [0.5, 0.6) is 0 Å². The van der Waals surface area contributed by atoms with Crippen molar-refractivity contribution in [3.05, 3.63) is 23.0 Å². The zero-order valence-corrected chi connectivity index (χ0v) is 20.7. The molecule has 1 aliphatic rings. The molecule has 0 spiro atoms. The summed E-state index contributed by atoms with van der Waals surface area (Å²) in [7, 11) is -0.220. The Bertz CT molecular complexity index is 1080. The lowest BCUT2D eigenvalue weighted by atomic mass is 10.2. The van der Waals surface area contributed by atoms with Gasteiger partial charge in [-0.3, -0.25) is 14.3 Å². The van der Waals surface area contributed by atoms with Crippen molar-refractivity contribution in [3.8, 4) is 6.07 Å². The third kappa shape index (κ3) is 5.54. The molecule has 0 aromatic carbocycles. The average Bonchev–Trinajstić information content (AvgIpc) is 3.37. The second-order valence-corrected chi connectivity index (χ2v) is 9.76. The molecule has 0 saturated carbocycles. The van der Waals surface area contributed by atoms with Crippen molar-refractivity contribution in [1.29, 1.82) is 5.26 Å². The number of hydrogen-bond acceptors (Lipinski definition) is 9. The predicted molar refractivity (Wildman–Crippen MR) is 123 cm³/mol. The standard InChI is InChI=1S/C20H30N7O6P/c1-12(2)27(13(3)4)34(31-8-6-7-21)33-14-9-15(32-19(14)25(5)20(29)30)26-11-24-16-17(26)22-10-23-18(16)28/h10-15,19H,6,8-9H2,1-5H3,(H,29,30)(H,22,23,28)/t14-,15-,19-,34?/m1/s1. The third-order valence-corrected chi connectivity index (χ3v) is 7.45. The Labute approximate surface area is 198 Å². The Balaban J connectivity index is 1.91. The quantitative estimate of drug-likeness (QED) is 0.370. The van der Waals surface area contributed by atoms with Crippen LogP contribution in [-0.4, -0.2) is 78.4 Å². The number of nitriles is 1. The molecule has 2 aromatic heterocycles. The maximum Gasteiger partial charge on any atom is 0.409 e. The minimum absolute atomic E-state index is 0.0792. The molecule has 3 heterocycles. The van der Waals surface area contributed by atoms with Crippen molar-refractivity contribution in [2.75, 3.05) is 13.7 Å². The van der Waals surface area contributed by atoms with E-state index >= 15 is 0 Å². The lowest BCUT2D eigenvalue weighted by Gasteiger charge is -2.38. The molecule has 4 atom stereocenters. The number of imidazole rings is 1. The van der Waals surface area contributed by atoms with Gasteiger partial charge in [0.15, 0.2) is 17.4 Å². The monoisotopic (exact) mass is 495 g/mol. The molecular weight excluding hydrogens is 465 g/mol. The van der Waals surface area contributed by atoms with E-state index in [-0.39, 0.29) is 42.6 Å². The Kier molecular flexibility index (Phi) is 8.57. The summed E-state index contributed by atoms with van der Waals surface area (Å²) >= 11 is 0. The fourth-order valence-corrected chi connectivity index (χ4v) is 5.55. The molecule has 0 aliphatic carbocycles. The van der Waals surface area contributed by atoms with E-state index < -0.39 is 33.2 Å². The highest BCUT2D eigenvalue weighted by Crippen LogP contribution is 2.50. The lowest BCUT2D eigenvalue weighted by molar-refractivity contribution is -0.0824. The summed E-state index contributed by atoms with van der Waals surface area (Å²) in [5, 5.41) is 18.6. The van der Waals surface area contributed by atoms with Crippen LogP contribution in [0, 0.1) is 11.3 Å². The summed E-state index contributed by atoms with van der Waals surface area (Å²) in [5.74, 6) is 0. The molecule has 14 heteroatoms. The van der Waals surface area contributed by atoms with Crippen LogP contribution in [0.2, 0.25) is 0 Å². The first-order chi connectivity index (χ1) is 16.1. The molecule has 1 saturated heterocycles. The fourth-order valence-electron chi connectivity index (χ4n) is 3.83. The van der Waals surface area contributed by atoms with Gasteiger partial charge in [0.05, 0.1) is 31.8 Å². The molecule has 1 unspecified atom stereocenters. The van der Waals surface area contributed by atoms with Gasteiger partial charge in [0.2, 0.25) is 0 Å². The highest BCUT2D eigenvalue weighted by molar-refractivity contribution is 7.44. The van der Waals surface area contributed by atoms with Gasteiger partial charge in [0.1, 0.15) is 12.3 Å². The molecule has 186 valence electrons. The van der Waals surface area contributed by atoms with E-state index in [0.29, 0.717) is 5.65 Å². The van der Waals surface area contributed by atoms with Gasteiger partial charge in [-0.2, -0.15) is 5.26 Å². The maximum atomic E-state index is 12.0. The zero-order valence-electron chi connectivity index (χ0n) is 19.8.